The van der Waals surface area contributed by atoms with Crippen molar-refractivity contribution in [2.45, 2.75) is 13.8 Å². The molecule has 0 fully saturated rings. The van der Waals surface area contributed by atoms with E-state index in [0.717, 1.165) is 33.7 Å². The third kappa shape index (κ3) is 2.67. The standard InChI is InChI=1S/C26H22N4/c1-18-13-14-20-9-5-7-11-23(20)29(18)25-15-22(27-3)16-26(19(25)2)30-24-12-8-6-10-21(24)17-28(30)4/h5-17H,1-2,4H3/q+2. The highest BCUT2D eigenvalue weighted by molar-refractivity contribution is 5.80. The third-order valence-electron chi connectivity index (χ3n) is 5.78. The van der Waals surface area contributed by atoms with Crippen LogP contribution in [0.15, 0.2) is 79.0 Å². The summed E-state index contributed by atoms with van der Waals surface area (Å²) in [6.45, 7) is 12.0. The van der Waals surface area contributed by atoms with Crippen LogP contribution in [-0.2, 0) is 7.05 Å². The molecule has 0 aliphatic carbocycles. The number of aromatic nitrogens is 3. The highest BCUT2D eigenvalue weighted by Crippen LogP contribution is 2.29. The van der Waals surface area contributed by atoms with Gasteiger partial charge in [0.2, 0.25) is 17.4 Å². The highest BCUT2D eigenvalue weighted by Gasteiger charge is 2.25. The van der Waals surface area contributed by atoms with E-state index in [0.29, 0.717) is 5.69 Å². The molecule has 0 N–H and O–H groups in total. The molecule has 0 saturated carbocycles. The first-order valence-electron chi connectivity index (χ1n) is 9.98. The number of benzene rings is 3. The van der Waals surface area contributed by atoms with Crippen molar-refractivity contribution in [2.24, 2.45) is 7.05 Å². The Labute approximate surface area is 175 Å². The minimum atomic E-state index is 0.628. The molecular formula is C26H22N4+2. The molecule has 3 aromatic carbocycles. The first-order chi connectivity index (χ1) is 14.6. The summed E-state index contributed by atoms with van der Waals surface area (Å²) in [5.74, 6) is 0. The maximum atomic E-state index is 7.73. The van der Waals surface area contributed by atoms with Gasteiger partial charge in [-0.1, -0.05) is 24.3 Å². The molecule has 0 radical (unpaired) electrons. The lowest BCUT2D eigenvalue weighted by Gasteiger charge is -2.11. The Morgan fingerprint density at radius 1 is 0.867 bits per heavy atom. The molecular weight excluding hydrogens is 368 g/mol. The van der Waals surface area contributed by atoms with Crippen LogP contribution in [-0.4, -0.2) is 4.68 Å². The zero-order valence-corrected chi connectivity index (χ0v) is 17.3. The quantitative estimate of drug-likeness (QED) is 0.296. The lowest BCUT2D eigenvalue weighted by Crippen LogP contribution is -2.39. The number of nitrogens with zero attached hydrogens (tertiary/aromatic N) is 4. The predicted molar refractivity (Wildman–Crippen MR) is 119 cm³/mol. The van der Waals surface area contributed by atoms with Gasteiger partial charge in [-0.3, -0.25) is 0 Å². The predicted octanol–water partition coefficient (Wildman–Crippen LogP) is 5.05. The Morgan fingerprint density at radius 2 is 1.60 bits per heavy atom. The largest absolute Gasteiger partial charge is 0.238 e. The zero-order valence-electron chi connectivity index (χ0n) is 17.3. The summed E-state index contributed by atoms with van der Waals surface area (Å²) in [5.41, 5.74) is 7.19. The van der Waals surface area contributed by atoms with E-state index < -0.39 is 0 Å². The van der Waals surface area contributed by atoms with E-state index in [4.69, 9.17) is 6.57 Å². The number of fused-ring (bicyclic) bond motifs is 2. The lowest BCUT2D eigenvalue weighted by molar-refractivity contribution is -0.741. The number of hydrogen-bond acceptors (Lipinski definition) is 0. The summed E-state index contributed by atoms with van der Waals surface area (Å²) in [5, 5.41) is 2.34. The van der Waals surface area contributed by atoms with E-state index in [1.54, 1.807) is 0 Å². The lowest BCUT2D eigenvalue weighted by atomic mass is 10.1. The SMILES string of the molecule is [C-]#[N+]c1cc(-n2c3ccccc3c[n+]2C)c(C)c(-[n+]2c(C)ccc3ccccc32)c1. The molecule has 144 valence electrons. The minimum Gasteiger partial charge on any atom is -0.238 e. The van der Waals surface area contributed by atoms with Gasteiger partial charge in [0.1, 0.15) is 11.2 Å². The topological polar surface area (TPSA) is 17.0 Å². The Morgan fingerprint density at radius 3 is 2.40 bits per heavy atom. The fourth-order valence-corrected chi connectivity index (χ4v) is 4.33. The highest BCUT2D eigenvalue weighted by atomic mass is 15.4. The minimum absolute atomic E-state index is 0.628. The Bertz CT molecular complexity index is 1490. The van der Waals surface area contributed by atoms with Gasteiger partial charge < -0.3 is 0 Å². The Balaban J connectivity index is 1.89. The summed E-state index contributed by atoms with van der Waals surface area (Å²) < 4.78 is 6.53. The first-order valence-corrected chi connectivity index (χ1v) is 9.98. The second-order valence-corrected chi connectivity index (χ2v) is 7.66. The van der Waals surface area contributed by atoms with Gasteiger partial charge in [0, 0.05) is 36.1 Å². The van der Waals surface area contributed by atoms with Crippen LogP contribution < -0.4 is 9.25 Å². The van der Waals surface area contributed by atoms with Crippen LogP contribution in [0, 0.1) is 20.4 Å². The fraction of sp³-hybridized carbons (Fsp3) is 0.115. The van der Waals surface area contributed by atoms with E-state index in [9.17, 15) is 0 Å². The van der Waals surface area contributed by atoms with Crippen molar-refractivity contribution in [3.63, 3.8) is 0 Å². The van der Waals surface area contributed by atoms with Crippen LogP contribution in [0.1, 0.15) is 11.3 Å². The van der Waals surface area contributed by atoms with Crippen LogP contribution in [0.3, 0.4) is 0 Å². The van der Waals surface area contributed by atoms with Gasteiger partial charge in [-0.2, -0.15) is 4.57 Å². The van der Waals surface area contributed by atoms with Crippen LogP contribution >= 0.6 is 0 Å². The molecule has 4 nitrogen and oxygen atoms in total. The van der Waals surface area contributed by atoms with Crippen molar-refractivity contribution in [2.75, 3.05) is 0 Å². The maximum absolute atomic E-state index is 7.73. The molecule has 5 aromatic rings. The molecule has 5 rings (SSSR count). The number of aryl methyl sites for hydroxylation is 2. The van der Waals surface area contributed by atoms with Gasteiger partial charge in [0.25, 0.3) is 0 Å². The van der Waals surface area contributed by atoms with Crippen molar-refractivity contribution in [1.29, 1.82) is 0 Å². The summed E-state index contributed by atoms with van der Waals surface area (Å²) in [6, 6.07) is 25.0. The van der Waals surface area contributed by atoms with Gasteiger partial charge in [0.05, 0.1) is 12.0 Å². The van der Waals surface area contributed by atoms with E-state index in [2.05, 4.69) is 99.5 Å². The molecule has 30 heavy (non-hydrogen) atoms. The van der Waals surface area contributed by atoms with Gasteiger partial charge in [-0.25, -0.2) is 4.85 Å². The molecule has 2 heterocycles. The summed E-state index contributed by atoms with van der Waals surface area (Å²) >= 11 is 0. The van der Waals surface area contributed by atoms with E-state index in [1.807, 2.05) is 19.2 Å². The summed E-state index contributed by atoms with van der Waals surface area (Å²) in [4.78, 5) is 3.80. The molecule has 0 saturated heterocycles. The summed E-state index contributed by atoms with van der Waals surface area (Å²) in [7, 11) is 2.04. The normalized spacial score (nSPS) is 11.1. The van der Waals surface area contributed by atoms with Crippen LogP contribution in [0.5, 0.6) is 0 Å². The molecule has 0 spiro atoms. The third-order valence-corrected chi connectivity index (χ3v) is 5.78. The number of rotatable bonds is 2. The molecule has 0 bridgehead atoms. The smallest absolute Gasteiger partial charge is 0.218 e. The van der Waals surface area contributed by atoms with Crippen molar-refractivity contribution in [1.82, 2.24) is 4.68 Å². The van der Waals surface area contributed by atoms with Gasteiger partial charge in [-0.15, -0.1) is 9.36 Å². The van der Waals surface area contributed by atoms with Crippen LogP contribution in [0.25, 0.3) is 38.0 Å². The monoisotopic (exact) mass is 390 g/mol. The second-order valence-electron chi connectivity index (χ2n) is 7.66. The Hall–Kier alpha value is -3.97. The number of pyridine rings is 1. The molecule has 0 unspecified atom stereocenters. The molecule has 0 aliphatic rings. The van der Waals surface area contributed by atoms with E-state index >= 15 is 0 Å². The zero-order chi connectivity index (χ0) is 20.8. The molecule has 2 aromatic heterocycles. The average Bonchev–Trinajstić information content (AvgIpc) is 3.10. The van der Waals surface area contributed by atoms with Gasteiger partial charge in [-0.05, 0) is 37.3 Å². The maximum Gasteiger partial charge on any atom is 0.218 e. The van der Waals surface area contributed by atoms with Crippen LogP contribution in [0.2, 0.25) is 0 Å². The average molecular weight is 390 g/mol. The van der Waals surface area contributed by atoms with E-state index in [-0.39, 0.29) is 0 Å². The molecule has 0 amide bonds. The second kappa shape index (κ2) is 6.82. The summed E-state index contributed by atoms with van der Waals surface area (Å²) in [6.07, 6.45) is 2.12. The van der Waals surface area contributed by atoms with E-state index in [1.165, 1.54) is 10.8 Å². The fourth-order valence-electron chi connectivity index (χ4n) is 4.33. The number of para-hydroxylation sites is 2. The van der Waals surface area contributed by atoms with Crippen molar-refractivity contribution >= 4 is 27.5 Å². The van der Waals surface area contributed by atoms with Gasteiger partial charge in [0.15, 0.2) is 18.4 Å². The first kappa shape index (κ1) is 18.1. The molecule has 0 atom stereocenters. The van der Waals surface area contributed by atoms with Crippen LogP contribution in [0.4, 0.5) is 5.69 Å². The molecule has 4 heteroatoms. The number of hydrogen-bond donors (Lipinski definition) is 0. The molecule has 0 aliphatic heterocycles. The Kier molecular flexibility index (Phi) is 4.11. The van der Waals surface area contributed by atoms with Crippen molar-refractivity contribution in [3.05, 3.63) is 102 Å². The van der Waals surface area contributed by atoms with Gasteiger partial charge >= 0.3 is 0 Å². The van der Waals surface area contributed by atoms with Crippen molar-refractivity contribution < 1.29 is 9.25 Å². The van der Waals surface area contributed by atoms with Crippen molar-refractivity contribution in [3.8, 4) is 11.4 Å².